The topological polar surface area (TPSA) is 76.1 Å². The number of nitrogens with zero attached hydrogens (tertiary/aromatic N) is 1. The summed E-state index contributed by atoms with van der Waals surface area (Å²) in [5.41, 5.74) is -0.328. The van der Waals surface area contributed by atoms with Crippen molar-refractivity contribution in [2.24, 2.45) is 17.3 Å². The van der Waals surface area contributed by atoms with Crippen molar-refractivity contribution in [1.82, 2.24) is 4.90 Å². The van der Waals surface area contributed by atoms with Gasteiger partial charge in [-0.2, -0.15) is 0 Å². The van der Waals surface area contributed by atoms with E-state index in [4.69, 9.17) is 4.74 Å². The van der Waals surface area contributed by atoms with E-state index in [0.717, 1.165) is 4.90 Å². The number of carbonyl (C=O) groups is 2. The molecular formula is C13H19NO5. The summed E-state index contributed by atoms with van der Waals surface area (Å²) in [6, 6.07) is 0. The van der Waals surface area contributed by atoms with E-state index in [-0.39, 0.29) is 11.3 Å². The molecule has 19 heavy (non-hydrogen) atoms. The summed E-state index contributed by atoms with van der Waals surface area (Å²) < 4.78 is 9.82. The molecule has 0 saturated carbocycles. The Morgan fingerprint density at radius 2 is 2.11 bits per heavy atom. The van der Waals surface area contributed by atoms with Crippen LogP contribution >= 0.6 is 0 Å². The number of aliphatic hydroxyl groups is 1. The monoisotopic (exact) mass is 269 g/mol. The summed E-state index contributed by atoms with van der Waals surface area (Å²) >= 11 is 0. The molecule has 1 saturated heterocycles. The zero-order chi connectivity index (χ0) is 14.4. The standard InChI is InChI=1S/C13H19NO5/c1-13(2,3)8-7-5-6-14(12(17)18-4)10(9(7)15)19-11(8)16/h5-10,15H,1-4H3/t7?,8?,9-,10?/m0/s1. The zero-order valence-corrected chi connectivity index (χ0v) is 11.5. The molecule has 106 valence electrons. The third-order valence-corrected chi connectivity index (χ3v) is 3.62. The first-order chi connectivity index (χ1) is 8.77. The highest BCUT2D eigenvalue weighted by Crippen LogP contribution is 2.42. The summed E-state index contributed by atoms with van der Waals surface area (Å²) in [6.45, 7) is 5.77. The van der Waals surface area contributed by atoms with Crippen LogP contribution in [0.15, 0.2) is 12.3 Å². The number of aliphatic hydroxyl groups excluding tert-OH is 1. The number of esters is 1. The Morgan fingerprint density at radius 3 is 2.63 bits per heavy atom. The Labute approximate surface area is 112 Å². The van der Waals surface area contributed by atoms with Crippen molar-refractivity contribution in [3.63, 3.8) is 0 Å². The number of ether oxygens (including phenoxy) is 2. The van der Waals surface area contributed by atoms with Gasteiger partial charge in [-0.05, 0) is 5.41 Å². The van der Waals surface area contributed by atoms with Gasteiger partial charge in [0.25, 0.3) is 0 Å². The van der Waals surface area contributed by atoms with Crippen LogP contribution in [0.25, 0.3) is 0 Å². The lowest BCUT2D eigenvalue weighted by Crippen LogP contribution is -2.60. The minimum Gasteiger partial charge on any atom is -0.452 e. The molecule has 2 bridgehead atoms. The summed E-state index contributed by atoms with van der Waals surface area (Å²) in [5.74, 6) is -1.19. The molecule has 6 nitrogen and oxygen atoms in total. The van der Waals surface area contributed by atoms with Crippen LogP contribution in [-0.4, -0.2) is 41.5 Å². The Kier molecular flexibility index (Phi) is 3.30. The van der Waals surface area contributed by atoms with E-state index in [1.807, 2.05) is 20.8 Å². The van der Waals surface area contributed by atoms with Gasteiger partial charge in [0.1, 0.15) is 6.10 Å². The first-order valence-electron chi connectivity index (χ1n) is 6.20. The van der Waals surface area contributed by atoms with Gasteiger partial charge in [0.05, 0.1) is 13.0 Å². The number of carbonyl (C=O) groups excluding carboxylic acids is 2. The number of amides is 1. The number of hydrogen-bond donors (Lipinski definition) is 1. The molecule has 4 atom stereocenters. The lowest BCUT2D eigenvalue weighted by molar-refractivity contribution is -0.203. The Bertz CT molecular complexity index is 425. The molecule has 1 fully saturated rings. The quantitative estimate of drug-likeness (QED) is 0.666. The van der Waals surface area contributed by atoms with Crippen molar-refractivity contribution in [2.75, 3.05) is 7.11 Å². The maximum atomic E-state index is 12.1. The Hall–Kier alpha value is -1.56. The van der Waals surface area contributed by atoms with Crippen molar-refractivity contribution in [3.05, 3.63) is 12.3 Å². The molecular weight excluding hydrogens is 250 g/mol. The van der Waals surface area contributed by atoms with Gasteiger partial charge in [0, 0.05) is 12.1 Å². The van der Waals surface area contributed by atoms with Crippen molar-refractivity contribution in [1.29, 1.82) is 0 Å². The molecule has 0 aromatic heterocycles. The summed E-state index contributed by atoms with van der Waals surface area (Å²) in [6.07, 6.45) is 0.577. The number of fused-ring (bicyclic) bond motifs is 2. The van der Waals surface area contributed by atoms with Gasteiger partial charge in [-0.15, -0.1) is 0 Å². The molecule has 2 rings (SSSR count). The number of rotatable bonds is 0. The average molecular weight is 269 g/mol. The molecule has 1 N–H and O–H groups in total. The van der Waals surface area contributed by atoms with E-state index in [0.29, 0.717) is 0 Å². The van der Waals surface area contributed by atoms with E-state index >= 15 is 0 Å². The highest BCUT2D eigenvalue weighted by molar-refractivity contribution is 5.77. The minimum atomic E-state index is -1.01. The largest absolute Gasteiger partial charge is 0.452 e. The first kappa shape index (κ1) is 13.9. The van der Waals surface area contributed by atoms with Crippen molar-refractivity contribution in [2.45, 2.75) is 33.1 Å². The first-order valence-corrected chi connectivity index (χ1v) is 6.20. The lowest BCUT2D eigenvalue weighted by Gasteiger charge is -2.47. The number of hydrogen-bond acceptors (Lipinski definition) is 5. The van der Waals surface area contributed by atoms with Gasteiger partial charge in [0.2, 0.25) is 6.23 Å². The molecule has 0 aliphatic carbocycles. The maximum Gasteiger partial charge on any atom is 0.416 e. The second kappa shape index (κ2) is 4.52. The van der Waals surface area contributed by atoms with Crippen molar-refractivity contribution >= 4 is 12.1 Å². The van der Waals surface area contributed by atoms with Gasteiger partial charge in [0.15, 0.2) is 0 Å². The highest BCUT2D eigenvalue weighted by Gasteiger charge is 2.53. The van der Waals surface area contributed by atoms with Crippen molar-refractivity contribution in [3.8, 4) is 0 Å². The van der Waals surface area contributed by atoms with E-state index in [2.05, 4.69) is 4.74 Å². The van der Waals surface area contributed by atoms with E-state index in [9.17, 15) is 14.7 Å². The fourth-order valence-corrected chi connectivity index (χ4v) is 2.73. The molecule has 0 spiro atoms. The molecule has 3 unspecified atom stereocenters. The van der Waals surface area contributed by atoms with Crippen LogP contribution in [0.3, 0.4) is 0 Å². The van der Waals surface area contributed by atoms with Crippen LogP contribution in [0.2, 0.25) is 0 Å². The van der Waals surface area contributed by atoms with Crippen LogP contribution in [-0.2, 0) is 14.3 Å². The van der Waals surface area contributed by atoms with Gasteiger partial charge in [-0.1, -0.05) is 26.8 Å². The van der Waals surface area contributed by atoms with Crippen LogP contribution in [0.4, 0.5) is 4.79 Å². The fourth-order valence-electron chi connectivity index (χ4n) is 2.73. The Balaban J connectivity index is 2.35. The Morgan fingerprint density at radius 1 is 1.47 bits per heavy atom. The van der Waals surface area contributed by atoms with Crippen LogP contribution in [0.1, 0.15) is 20.8 Å². The van der Waals surface area contributed by atoms with E-state index < -0.39 is 30.3 Å². The minimum absolute atomic E-state index is 0.328. The fraction of sp³-hybridized carbons (Fsp3) is 0.692. The molecule has 6 heteroatoms. The summed E-state index contributed by atoms with van der Waals surface area (Å²) in [4.78, 5) is 24.8. The maximum absolute atomic E-state index is 12.1. The predicted molar refractivity (Wildman–Crippen MR) is 65.7 cm³/mol. The number of methoxy groups -OCH3 is 1. The molecule has 0 radical (unpaired) electrons. The van der Waals surface area contributed by atoms with Gasteiger partial charge in [-0.3, -0.25) is 4.79 Å². The molecule has 0 aromatic carbocycles. The zero-order valence-electron chi connectivity index (χ0n) is 11.5. The van der Waals surface area contributed by atoms with Crippen LogP contribution in [0.5, 0.6) is 0 Å². The molecule has 2 aliphatic heterocycles. The van der Waals surface area contributed by atoms with Gasteiger partial charge in [-0.25, -0.2) is 9.69 Å². The third-order valence-electron chi connectivity index (χ3n) is 3.62. The normalized spacial score (nSPS) is 33.9. The third kappa shape index (κ3) is 2.20. The van der Waals surface area contributed by atoms with Gasteiger partial charge < -0.3 is 14.6 Å². The lowest BCUT2D eigenvalue weighted by atomic mass is 9.69. The smallest absolute Gasteiger partial charge is 0.416 e. The van der Waals surface area contributed by atoms with Crippen LogP contribution < -0.4 is 0 Å². The molecule has 0 aromatic rings. The highest BCUT2D eigenvalue weighted by atomic mass is 16.6. The predicted octanol–water partition coefficient (Wildman–Crippen LogP) is 1.10. The summed E-state index contributed by atoms with van der Waals surface area (Å²) in [7, 11) is 1.23. The SMILES string of the molecule is COC(=O)N1C=CC2C(C(C)(C)C)C(=O)OC1[C@H]2O. The van der Waals surface area contributed by atoms with E-state index in [1.165, 1.54) is 13.3 Å². The summed E-state index contributed by atoms with van der Waals surface area (Å²) in [5, 5.41) is 10.3. The van der Waals surface area contributed by atoms with E-state index in [1.54, 1.807) is 6.08 Å². The average Bonchev–Trinajstić information content (AvgIpc) is 2.29. The van der Waals surface area contributed by atoms with Crippen LogP contribution in [0, 0.1) is 17.3 Å². The second-order valence-electron chi connectivity index (χ2n) is 5.96. The second-order valence-corrected chi connectivity index (χ2v) is 5.96. The van der Waals surface area contributed by atoms with Crippen molar-refractivity contribution < 1.29 is 24.2 Å². The van der Waals surface area contributed by atoms with Gasteiger partial charge >= 0.3 is 12.1 Å². The molecule has 1 amide bonds. The molecule has 2 aliphatic rings. The molecule has 2 heterocycles.